The van der Waals surface area contributed by atoms with Crippen LogP contribution in [0.1, 0.15) is 32.2 Å². The van der Waals surface area contributed by atoms with Gasteiger partial charge in [-0.1, -0.05) is 0 Å². The second-order valence-corrected chi connectivity index (χ2v) is 5.25. The second-order valence-electron chi connectivity index (χ2n) is 5.25. The second kappa shape index (κ2) is 5.11. The molecule has 0 radical (unpaired) electrons. The number of nitrogen functional groups attached to an aromatic ring is 1. The molecule has 0 saturated carbocycles. The van der Waals surface area contributed by atoms with Gasteiger partial charge < -0.3 is 10.6 Å². The number of hydrogen-bond donors (Lipinski definition) is 1. The summed E-state index contributed by atoms with van der Waals surface area (Å²) in [7, 11) is 0. The molecule has 1 atom stereocenters. The minimum atomic E-state index is -0.368. The van der Waals surface area contributed by atoms with Crippen LogP contribution in [0.3, 0.4) is 0 Å². The molecule has 6 heteroatoms. The van der Waals surface area contributed by atoms with Crippen molar-refractivity contribution >= 4 is 23.0 Å². The van der Waals surface area contributed by atoms with Gasteiger partial charge in [0.2, 0.25) is 11.9 Å². The van der Waals surface area contributed by atoms with Crippen molar-refractivity contribution in [1.29, 1.82) is 0 Å². The Kier molecular flexibility index (Phi) is 3.30. The maximum absolute atomic E-state index is 12.6. The fourth-order valence-corrected chi connectivity index (χ4v) is 2.82. The quantitative estimate of drug-likeness (QED) is 0.901. The molecule has 0 aromatic carbocycles. The molecule has 0 spiro atoms. The van der Waals surface area contributed by atoms with Gasteiger partial charge in [-0.25, -0.2) is 9.97 Å². The number of anilines is 1. The van der Waals surface area contributed by atoms with Crippen molar-refractivity contribution in [2.24, 2.45) is 0 Å². The Morgan fingerprint density at radius 2 is 2.10 bits per heavy atom. The van der Waals surface area contributed by atoms with Gasteiger partial charge in [-0.15, -0.1) is 0 Å². The molecular weight excluding hydrogens is 254 g/mol. The number of carbonyl (C=O) groups is 1. The molecule has 2 N–H and O–H groups in total. The number of nitrogens with two attached hydrogens (primary N) is 1. The minimum Gasteiger partial charge on any atom is -0.369 e. The number of amides is 1. The zero-order chi connectivity index (χ0) is 14.1. The molecule has 0 bridgehead atoms. The summed E-state index contributed by atoms with van der Waals surface area (Å²) in [4.78, 5) is 23.1. The van der Waals surface area contributed by atoms with Gasteiger partial charge in [0.25, 0.3) is 0 Å². The number of rotatable bonds is 2. The van der Waals surface area contributed by atoms with Crippen molar-refractivity contribution in [3.8, 4) is 0 Å². The Morgan fingerprint density at radius 1 is 1.35 bits per heavy atom. The number of hydrogen-bond acceptors (Lipinski definition) is 4. The van der Waals surface area contributed by atoms with E-state index in [-0.39, 0.29) is 11.9 Å². The Balaban J connectivity index is 1.93. The predicted molar refractivity (Wildman–Crippen MR) is 77.1 cm³/mol. The smallest absolute Gasteiger partial charge is 0.245 e. The highest BCUT2D eigenvalue weighted by Crippen LogP contribution is 2.23. The topological polar surface area (TPSA) is 77.0 Å². The number of piperidine rings is 1. The number of pyridine rings is 1. The van der Waals surface area contributed by atoms with Crippen molar-refractivity contribution in [3.63, 3.8) is 0 Å². The molecule has 1 unspecified atom stereocenters. The summed E-state index contributed by atoms with van der Waals surface area (Å²) in [6.07, 6.45) is 5.06. The monoisotopic (exact) mass is 273 g/mol. The predicted octanol–water partition coefficient (Wildman–Crippen LogP) is 1.59. The van der Waals surface area contributed by atoms with Crippen LogP contribution in [0.2, 0.25) is 0 Å². The molecule has 2 aromatic heterocycles. The van der Waals surface area contributed by atoms with Gasteiger partial charge in [0.15, 0.2) is 5.65 Å². The Morgan fingerprint density at radius 3 is 2.85 bits per heavy atom. The number of nitrogens with zero attached hydrogens (tertiary/aromatic N) is 4. The van der Waals surface area contributed by atoms with E-state index >= 15 is 0 Å². The lowest BCUT2D eigenvalue weighted by Crippen LogP contribution is -2.39. The third-order valence-electron chi connectivity index (χ3n) is 3.89. The lowest BCUT2D eigenvalue weighted by Gasteiger charge is -2.29. The Bertz CT molecular complexity index is 630. The lowest BCUT2D eigenvalue weighted by molar-refractivity contribution is -0.135. The van der Waals surface area contributed by atoms with Crippen molar-refractivity contribution < 1.29 is 4.79 Å². The van der Waals surface area contributed by atoms with Crippen LogP contribution in [-0.4, -0.2) is 38.4 Å². The first-order valence-corrected chi connectivity index (χ1v) is 7.05. The maximum Gasteiger partial charge on any atom is 0.245 e. The number of imidazole rings is 1. The van der Waals surface area contributed by atoms with Crippen LogP contribution in [0.25, 0.3) is 11.2 Å². The highest BCUT2D eigenvalue weighted by atomic mass is 16.2. The molecule has 1 saturated heterocycles. The average Bonchev–Trinajstić information content (AvgIpc) is 2.82. The summed E-state index contributed by atoms with van der Waals surface area (Å²) in [5, 5.41) is 0. The average molecular weight is 273 g/mol. The number of carbonyl (C=O) groups excluding carboxylic acids is 1. The van der Waals surface area contributed by atoms with E-state index < -0.39 is 0 Å². The third-order valence-corrected chi connectivity index (χ3v) is 3.89. The zero-order valence-corrected chi connectivity index (χ0v) is 11.6. The first-order chi connectivity index (χ1) is 9.68. The van der Waals surface area contributed by atoms with Crippen LogP contribution in [0.15, 0.2) is 18.3 Å². The first kappa shape index (κ1) is 12.9. The largest absolute Gasteiger partial charge is 0.369 e. The van der Waals surface area contributed by atoms with E-state index in [2.05, 4.69) is 9.97 Å². The molecule has 0 aliphatic carbocycles. The Labute approximate surface area is 117 Å². The van der Waals surface area contributed by atoms with Crippen molar-refractivity contribution in [1.82, 2.24) is 19.4 Å². The highest BCUT2D eigenvalue weighted by molar-refractivity contribution is 5.84. The van der Waals surface area contributed by atoms with Gasteiger partial charge in [0.05, 0.1) is 0 Å². The summed E-state index contributed by atoms with van der Waals surface area (Å²) in [5.41, 5.74) is 7.36. The summed E-state index contributed by atoms with van der Waals surface area (Å²) >= 11 is 0. The normalized spacial score (nSPS) is 17.4. The van der Waals surface area contributed by atoms with Crippen LogP contribution in [0, 0.1) is 0 Å². The van der Waals surface area contributed by atoms with Gasteiger partial charge >= 0.3 is 0 Å². The van der Waals surface area contributed by atoms with Crippen molar-refractivity contribution in [3.05, 3.63) is 18.3 Å². The van der Waals surface area contributed by atoms with E-state index in [0.717, 1.165) is 31.4 Å². The highest BCUT2D eigenvalue weighted by Gasteiger charge is 2.26. The maximum atomic E-state index is 12.6. The van der Waals surface area contributed by atoms with Crippen LogP contribution < -0.4 is 5.73 Å². The standard InChI is InChI=1S/C14H19N5O/c1-10(13(20)18-8-3-2-4-9-18)19-12-11(17-14(19)15)6-5-7-16-12/h5-7,10H,2-4,8-9H2,1H3,(H2,15,17). The third kappa shape index (κ3) is 2.11. The van der Waals surface area contributed by atoms with E-state index in [4.69, 9.17) is 5.73 Å². The van der Waals surface area contributed by atoms with Crippen molar-refractivity contribution in [2.75, 3.05) is 18.8 Å². The summed E-state index contributed by atoms with van der Waals surface area (Å²) in [6.45, 7) is 3.54. The van der Waals surface area contributed by atoms with E-state index in [1.165, 1.54) is 6.42 Å². The van der Waals surface area contributed by atoms with Gasteiger partial charge in [0.1, 0.15) is 11.6 Å². The molecule has 1 fully saturated rings. The summed E-state index contributed by atoms with van der Waals surface area (Å²) in [5.74, 6) is 0.443. The van der Waals surface area contributed by atoms with E-state index in [0.29, 0.717) is 11.6 Å². The molecule has 2 aromatic rings. The molecule has 1 aliphatic heterocycles. The molecule has 20 heavy (non-hydrogen) atoms. The number of aromatic nitrogens is 3. The van der Waals surface area contributed by atoms with Gasteiger partial charge in [0, 0.05) is 19.3 Å². The van der Waals surface area contributed by atoms with Gasteiger partial charge in [-0.05, 0) is 38.3 Å². The fraction of sp³-hybridized carbons (Fsp3) is 0.500. The van der Waals surface area contributed by atoms with Crippen LogP contribution in [-0.2, 0) is 4.79 Å². The molecule has 106 valence electrons. The van der Waals surface area contributed by atoms with Crippen LogP contribution in [0.5, 0.6) is 0 Å². The molecule has 6 nitrogen and oxygen atoms in total. The number of likely N-dealkylation sites (tertiary alicyclic amines) is 1. The minimum absolute atomic E-state index is 0.0985. The van der Waals surface area contributed by atoms with Crippen molar-refractivity contribution in [2.45, 2.75) is 32.2 Å². The lowest BCUT2D eigenvalue weighted by atomic mass is 10.1. The Hall–Kier alpha value is -2.11. The fourth-order valence-electron chi connectivity index (χ4n) is 2.82. The molecular formula is C14H19N5O. The summed E-state index contributed by atoms with van der Waals surface area (Å²) in [6, 6.07) is 3.30. The zero-order valence-electron chi connectivity index (χ0n) is 11.6. The molecule has 1 aliphatic rings. The SMILES string of the molecule is CC(C(=O)N1CCCCC1)n1c(N)nc2cccnc21. The van der Waals surface area contributed by atoms with Crippen LogP contribution in [0.4, 0.5) is 5.95 Å². The van der Waals surface area contributed by atoms with E-state index in [1.54, 1.807) is 10.8 Å². The first-order valence-electron chi connectivity index (χ1n) is 7.05. The van der Waals surface area contributed by atoms with Crippen LogP contribution >= 0.6 is 0 Å². The van der Waals surface area contributed by atoms with Gasteiger partial charge in [-0.3, -0.25) is 9.36 Å². The summed E-state index contributed by atoms with van der Waals surface area (Å²) < 4.78 is 1.73. The van der Waals surface area contributed by atoms with E-state index in [1.807, 2.05) is 24.0 Å². The van der Waals surface area contributed by atoms with Gasteiger partial charge in [-0.2, -0.15) is 0 Å². The number of fused-ring (bicyclic) bond motifs is 1. The molecule has 3 rings (SSSR count). The molecule has 3 heterocycles. The van der Waals surface area contributed by atoms with E-state index in [9.17, 15) is 4.79 Å². The molecule has 1 amide bonds.